The van der Waals surface area contributed by atoms with Gasteiger partial charge in [-0.2, -0.15) is 0 Å². The SMILES string of the molecule is NCc1c(OCC2CC2)ccc2ccccc12. The quantitative estimate of drug-likeness (QED) is 0.871. The van der Waals surface area contributed by atoms with E-state index in [1.165, 1.54) is 23.6 Å². The number of fused-ring (bicyclic) bond motifs is 1. The van der Waals surface area contributed by atoms with E-state index in [1.807, 2.05) is 18.2 Å². The van der Waals surface area contributed by atoms with Crippen LogP contribution < -0.4 is 10.5 Å². The largest absolute Gasteiger partial charge is 0.493 e. The van der Waals surface area contributed by atoms with Gasteiger partial charge >= 0.3 is 0 Å². The van der Waals surface area contributed by atoms with E-state index in [-0.39, 0.29) is 0 Å². The molecule has 0 atom stereocenters. The second kappa shape index (κ2) is 4.38. The maximum Gasteiger partial charge on any atom is 0.124 e. The summed E-state index contributed by atoms with van der Waals surface area (Å²) in [5.74, 6) is 1.73. The lowest BCUT2D eigenvalue weighted by molar-refractivity contribution is 0.297. The molecule has 0 spiro atoms. The average molecular weight is 227 g/mol. The van der Waals surface area contributed by atoms with Crippen LogP contribution >= 0.6 is 0 Å². The summed E-state index contributed by atoms with van der Waals surface area (Å²) in [4.78, 5) is 0. The molecule has 2 heteroatoms. The Labute approximate surface area is 101 Å². The summed E-state index contributed by atoms with van der Waals surface area (Å²) < 4.78 is 5.88. The van der Waals surface area contributed by atoms with Gasteiger partial charge in [-0.3, -0.25) is 0 Å². The van der Waals surface area contributed by atoms with Gasteiger partial charge < -0.3 is 10.5 Å². The van der Waals surface area contributed by atoms with E-state index in [4.69, 9.17) is 10.5 Å². The van der Waals surface area contributed by atoms with Crippen LogP contribution in [0.3, 0.4) is 0 Å². The average Bonchev–Trinajstić information content (AvgIpc) is 3.19. The minimum atomic E-state index is 0.529. The molecular weight excluding hydrogens is 210 g/mol. The normalized spacial score (nSPS) is 15.1. The fourth-order valence-electron chi connectivity index (χ4n) is 2.15. The molecule has 88 valence electrons. The van der Waals surface area contributed by atoms with Gasteiger partial charge in [0, 0.05) is 12.1 Å². The van der Waals surface area contributed by atoms with Crippen molar-refractivity contribution in [1.82, 2.24) is 0 Å². The first-order valence-corrected chi connectivity index (χ1v) is 6.22. The summed E-state index contributed by atoms with van der Waals surface area (Å²) in [6.45, 7) is 1.37. The number of benzene rings is 2. The lowest BCUT2D eigenvalue weighted by Gasteiger charge is -2.12. The van der Waals surface area contributed by atoms with Gasteiger partial charge in [0.15, 0.2) is 0 Å². The number of hydrogen-bond donors (Lipinski definition) is 1. The molecule has 17 heavy (non-hydrogen) atoms. The maximum absolute atomic E-state index is 5.88. The van der Waals surface area contributed by atoms with E-state index in [1.54, 1.807) is 0 Å². The van der Waals surface area contributed by atoms with E-state index in [0.29, 0.717) is 6.54 Å². The Hall–Kier alpha value is -1.54. The van der Waals surface area contributed by atoms with Crippen molar-refractivity contribution in [3.05, 3.63) is 42.0 Å². The van der Waals surface area contributed by atoms with Crippen LogP contribution in [0.1, 0.15) is 18.4 Å². The molecule has 2 nitrogen and oxygen atoms in total. The molecule has 1 aliphatic carbocycles. The summed E-state index contributed by atoms with van der Waals surface area (Å²) in [6.07, 6.45) is 2.62. The second-order valence-electron chi connectivity index (χ2n) is 4.72. The van der Waals surface area contributed by atoms with Gasteiger partial charge in [-0.1, -0.05) is 30.3 Å². The van der Waals surface area contributed by atoms with Crippen molar-refractivity contribution in [2.45, 2.75) is 19.4 Å². The van der Waals surface area contributed by atoms with Gasteiger partial charge in [-0.05, 0) is 35.6 Å². The zero-order valence-electron chi connectivity index (χ0n) is 9.86. The molecule has 0 amide bonds. The Morgan fingerprint density at radius 3 is 2.71 bits per heavy atom. The summed E-state index contributed by atoms with van der Waals surface area (Å²) in [6, 6.07) is 12.5. The first-order valence-electron chi connectivity index (χ1n) is 6.22. The van der Waals surface area contributed by atoms with Crippen LogP contribution in [-0.4, -0.2) is 6.61 Å². The fourth-order valence-corrected chi connectivity index (χ4v) is 2.15. The second-order valence-corrected chi connectivity index (χ2v) is 4.72. The Bertz CT molecular complexity index is 531. The van der Waals surface area contributed by atoms with Crippen molar-refractivity contribution in [1.29, 1.82) is 0 Å². The van der Waals surface area contributed by atoms with Crippen LogP contribution in [0.15, 0.2) is 36.4 Å². The Balaban J connectivity index is 1.98. The molecule has 1 saturated carbocycles. The molecule has 0 radical (unpaired) electrons. The van der Waals surface area contributed by atoms with Crippen LogP contribution in [0.5, 0.6) is 5.75 Å². The maximum atomic E-state index is 5.88. The summed E-state index contributed by atoms with van der Waals surface area (Å²) in [5, 5.41) is 2.44. The zero-order chi connectivity index (χ0) is 11.7. The number of rotatable bonds is 4. The summed E-state index contributed by atoms with van der Waals surface area (Å²) >= 11 is 0. The van der Waals surface area contributed by atoms with E-state index in [2.05, 4.69) is 18.2 Å². The van der Waals surface area contributed by atoms with E-state index in [9.17, 15) is 0 Å². The molecular formula is C15H17NO. The van der Waals surface area contributed by atoms with Crippen molar-refractivity contribution in [2.24, 2.45) is 11.7 Å². The minimum absolute atomic E-state index is 0.529. The Kier molecular flexibility index (Phi) is 2.73. The molecule has 0 aliphatic heterocycles. The van der Waals surface area contributed by atoms with E-state index < -0.39 is 0 Å². The van der Waals surface area contributed by atoms with Crippen LogP contribution in [-0.2, 0) is 6.54 Å². The lowest BCUT2D eigenvalue weighted by Crippen LogP contribution is -2.05. The third-order valence-electron chi connectivity index (χ3n) is 3.37. The fraction of sp³-hybridized carbons (Fsp3) is 0.333. The van der Waals surface area contributed by atoms with Gasteiger partial charge in [-0.15, -0.1) is 0 Å². The zero-order valence-corrected chi connectivity index (χ0v) is 9.86. The van der Waals surface area contributed by atoms with Crippen molar-refractivity contribution in [3.63, 3.8) is 0 Å². The molecule has 0 heterocycles. The third-order valence-corrected chi connectivity index (χ3v) is 3.37. The highest BCUT2D eigenvalue weighted by atomic mass is 16.5. The lowest BCUT2D eigenvalue weighted by atomic mass is 10.0. The Morgan fingerprint density at radius 1 is 1.12 bits per heavy atom. The monoisotopic (exact) mass is 227 g/mol. The predicted molar refractivity (Wildman–Crippen MR) is 70.1 cm³/mol. The van der Waals surface area contributed by atoms with Crippen molar-refractivity contribution in [2.75, 3.05) is 6.61 Å². The summed E-state index contributed by atoms with van der Waals surface area (Å²) in [5.41, 5.74) is 6.99. The molecule has 2 N–H and O–H groups in total. The highest BCUT2D eigenvalue weighted by Crippen LogP contribution is 2.32. The van der Waals surface area contributed by atoms with Gasteiger partial charge in [-0.25, -0.2) is 0 Å². The highest BCUT2D eigenvalue weighted by Gasteiger charge is 2.22. The van der Waals surface area contributed by atoms with Crippen molar-refractivity contribution in [3.8, 4) is 5.75 Å². The summed E-state index contributed by atoms with van der Waals surface area (Å²) in [7, 11) is 0. The highest BCUT2D eigenvalue weighted by molar-refractivity contribution is 5.87. The molecule has 2 aromatic rings. The molecule has 3 rings (SSSR count). The molecule has 1 fully saturated rings. The topological polar surface area (TPSA) is 35.2 Å². The van der Waals surface area contributed by atoms with Gasteiger partial charge in [0.05, 0.1) is 6.61 Å². The predicted octanol–water partition coefficient (Wildman–Crippen LogP) is 3.09. The van der Waals surface area contributed by atoms with Crippen molar-refractivity contribution >= 4 is 10.8 Å². The number of ether oxygens (including phenoxy) is 1. The first-order chi connectivity index (χ1) is 8.38. The molecule has 0 saturated heterocycles. The molecule has 2 aromatic carbocycles. The third kappa shape index (κ3) is 2.13. The van der Waals surface area contributed by atoms with Gasteiger partial charge in [0.1, 0.15) is 5.75 Å². The minimum Gasteiger partial charge on any atom is -0.493 e. The first kappa shape index (κ1) is 10.6. The van der Waals surface area contributed by atoms with Gasteiger partial charge in [0.25, 0.3) is 0 Å². The van der Waals surface area contributed by atoms with Crippen LogP contribution in [0.25, 0.3) is 10.8 Å². The molecule has 0 bridgehead atoms. The standard InChI is InChI=1S/C15H17NO/c16-9-14-13-4-2-1-3-12(13)7-8-15(14)17-10-11-5-6-11/h1-4,7-8,11H,5-6,9-10,16H2. The molecule has 0 aromatic heterocycles. The van der Waals surface area contributed by atoms with Crippen LogP contribution in [0, 0.1) is 5.92 Å². The van der Waals surface area contributed by atoms with Gasteiger partial charge in [0.2, 0.25) is 0 Å². The number of hydrogen-bond acceptors (Lipinski definition) is 2. The van der Waals surface area contributed by atoms with Crippen LogP contribution in [0.2, 0.25) is 0 Å². The molecule has 0 unspecified atom stereocenters. The Morgan fingerprint density at radius 2 is 1.94 bits per heavy atom. The molecule has 1 aliphatic rings. The van der Waals surface area contributed by atoms with E-state index in [0.717, 1.165) is 23.8 Å². The smallest absolute Gasteiger partial charge is 0.124 e. The van der Waals surface area contributed by atoms with Crippen LogP contribution in [0.4, 0.5) is 0 Å². The number of nitrogens with two attached hydrogens (primary N) is 1. The van der Waals surface area contributed by atoms with Crippen molar-refractivity contribution < 1.29 is 4.74 Å². The van der Waals surface area contributed by atoms with E-state index >= 15 is 0 Å².